The summed E-state index contributed by atoms with van der Waals surface area (Å²) in [7, 11) is 0. The maximum absolute atomic E-state index is 12.6. The highest BCUT2D eigenvalue weighted by Gasteiger charge is 2.23. The van der Waals surface area contributed by atoms with Gasteiger partial charge in [-0.3, -0.25) is 4.79 Å². The zero-order valence-corrected chi connectivity index (χ0v) is 13.9. The van der Waals surface area contributed by atoms with E-state index >= 15 is 0 Å². The van der Waals surface area contributed by atoms with Crippen LogP contribution in [0, 0.1) is 0 Å². The third kappa shape index (κ3) is 4.50. The number of nitrogens with one attached hydrogen (secondary N) is 2. The summed E-state index contributed by atoms with van der Waals surface area (Å²) in [5.41, 5.74) is 3.62. The van der Waals surface area contributed by atoms with Gasteiger partial charge in [0.2, 0.25) is 0 Å². The Morgan fingerprint density at radius 1 is 1.00 bits per heavy atom. The Kier molecular flexibility index (Phi) is 5.50. The van der Waals surface area contributed by atoms with E-state index in [0.717, 1.165) is 0 Å². The van der Waals surface area contributed by atoms with Gasteiger partial charge in [-0.1, -0.05) is 48.5 Å². The highest BCUT2D eigenvalue weighted by Crippen LogP contribution is 2.18. The van der Waals surface area contributed by atoms with Crippen LogP contribution in [0.5, 0.6) is 0 Å². The largest absolute Gasteiger partial charge is 0.366 e. The molecular weight excluding hydrogens is 338 g/mol. The van der Waals surface area contributed by atoms with E-state index in [4.69, 9.17) is 4.84 Å². The van der Waals surface area contributed by atoms with Gasteiger partial charge in [-0.2, -0.15) is 0 Å². The number of hydroxylamine groups is 1. The molecule has 126 valence electrons. The molecule has 6 nitrogen and oxygen atoms in total. The second-order valence-corrected chi connectivity index (χ2v) is 5.94. The molecule has 1 unspecified atom stereocenters. The predicted molar refractivity (Wildman–Crippen MR) is 94.9 cm³/mol. The van der Waals surface area contributed by atoms with Gasteiger partial charge in [-0.05, 0) is 17.7 Å². The highest BCUT2D eigenvalue weighted by molar-refractivity contribution is 7.13. The van der Waals surface area contributed by atoms with Crippen molar-refractivity contribution in [1.29, 1.82) is 0 Å². The molecule has 3 rings (SSSR count). The smallest absolute Gasteiger partial charge is 0.356 e. The quantitative estimate of drug-likeness (QED) is 0.665. The van der Waals surface area contributed by atoms with E-state index in [2.05, 4.69) is 15.8 Å². The third-order valence-corrected chi connectivity index (χ3v) is 4.03. The monoisotopic (exact) mass is 353 g/mol. The number of hydrogen-bond acceptors (Lipinski definition) is 6. The number of hydrogen-bond donors (Lipinski definition) is 2. The summed E-state index contributed by atoms with van der Waals surface area (Å²) in [5, 5.41) is 4.93. The third-order valence-electron chi connectivity index (χ3n) is 3.34. The fourth-order valence-electron chi connectivity index (χ4n) is 2.13. The Hall–Kier alpha value is -3.03. The average molecular weight is 353 g/mol. The molecule has 1 heterocycles. The summed E-state index contributed by atoms with van der Waals surface area (Å²) in [6.07, 6.45) is 1.60. The molecule has 0 spiro atoms. The fourth-order valence-corrected chi connectivity index (χ4v) is 2.66. The van der Waals surface area contributed by atoms with Crippen molar-refractivity contribution in [2.24, 2.45) is 0 Å². The molecule has 0 fully saturated rings. The number of thiazole rings is 1. The fraction of sp³-hybridized carbons (Fsp3) is 0.0556. The van der Waals surface area contributed by atoms with Crippen molar-refractivity contribution in [3.63, 3.8) is 0 Å². The van der Waals surface area contributed by atoms with Crippen molar-refractivity contribution in [1.82, 2.24) is 10.5 Å². The van der Waals surface area contributed by atoms with Gasteiger partial charge < -0.3 is 10.2 Å². The Labute approximate surface area is 148 Å². The number of carbonyl (C=O) groups excluding carboxylic acids is 2. The topological polar surface area (TPSA) is 80.3 Å². The molecule has 0 saturated heterocycles. The molecular formula is C18H15N3O3S. The van der Waals surface area contributed by atoms with Crippen LogP contribution in [0.4, 0.5) is 5.13 Å². The summed E-state index contributed by atoms with van der Waals surface area (Å²) in [6, 6.07) is 16.7. The lowest BCUT2D eigenvalue weighted by atomic mass is 10.1. The molecule has 2 aromatic carbocycles. The van der Waals surface area contributed by atoms with Gasteiger partial charge >= 0.3 is 5.97 Å². The standard InChI is InChI=1S/C18H15N3O3S/c22-16(20-18-19-11-12-25-18)15(13-7-3-1-4-8-13)21-24-17(23)14-9-5-2-6-10-14/h1-12,15,21H,(H,19,20,22). The van der Waals surface area contributed by atoms with Crippen LogP contribution in [-0.4, -0.2) is 16.9 Å². The molecule has 1 amide bonds. The van der Waals surface area contributed by atoms with Gasteiger partial charge in [-0.15, -0.1) is 16.8 Å². The van der Waals surface area contributed by atoms with Gasteiger partial charge in [0.25, 0.3) is 5.91 Å². The van der Waals surface area contributed by atoms with Crippen LogP contribution < -0.4 is 10.8 Å². The molecule has 0 aliphatic heterocycles. The minimum atomic E-state index is -0.863. The normalized spacial score (nSPS) is 11.5. The summed E-state index contributed by atoms with van der Waals surface area (Å²) < 4.78 is 0. The minimum absolute atomic E-state index is 0.373. The second-order valence-electron chi connectivity index (χ2n) is 5.04. The van der Waals surface area contributed by atoms with Crippen LogP contribution in [0.15, 0.2) is 72.2 Å². The van der Waals surface area contributed by atoms with E-state index in [1.54, 1.807) is 66.2 Å². The van der Waals surface area contributed by atoms with Crippen molar-refractivity contribution in [2.75, 3.05) is 5.32 Å². The molecule has 7 heteroatoms. The first kappa shape index (κ1) is 16.8. The van der Waals surface area contributed by atoms with Crippen molar-refractivity contribution in [3.05, 3.63) is 83.4 Å². The molecule has 3 aromatic rings. The van der Waals surface area contributed by atoms with Crippen LogP contribution >= 0.6 is 11.3 Å². The van der Waals surface area contributed by atoms with E-state index in [1.807, 2.05) is 6.07 Å². The number of aromatic nitrogens is 1. The Balaban J connectivity index is 1.72. The number of anilines is 1. The lowest BCUT2D eigenvalue weighted by Crippen LogP contribution is -2.34. The molecule has 0 saturated carbocycles. The van der Waals surface area contributed by atoms with Crippen molar-refractivity contribution >= 4 is 28.3 Å². The van der Waals surface area contributed by atoms with Crippen molar-refractivity contribution in [2.45, 2.75) is 6.04 Å². The van der Waals surface area contributed by atoms with Crippen molar-refractivity contribution < 1.29 is 14.4 Å². The molecule has 0 aliphatic rings. The van der Waals surface area contributed by atoms with Gasteiger partial charge in [0.15, 0.2) is 5.13 Å². The molecule has 25 heavy (non-hydrogen) atoms. The zero-order valence-electron chi connectivity index (χ0n) is 13.1. The summed E-state index contributed by atoms with van der Waals surface area (Å²) in [4.78, 5) is 33.8. The SMILES string of the molecule is O=C(ONC(C(=O)Nc1nccs1)c1ccccc1)c1ccccc1. The Morgan fingerprint density at radius 3 is 2.32 bits per heavy atom. The lowest BCUT2D eigenvalue weighted by molar-refractivity contribution is -0.121. The first-order chi connectivity index (χ1) is 12.2. The molecule has 1 atom stereocenters. The molecule has 0 bridgehead atoms. The highest BCUT2D eigenvalue weighted by atomic mass is 32.1. The maximum atomic E-state index is 12.6. The van der Waals surface area contributed by atoms with Gasteiger partial charge in [0, 0.05) is 11.6 Å². The van der Waals surface area contributed by atoms with Gasteiger partial charge in [-0.25, -0.2) is 9.78 Å². The summed E-state index contributed by atoms with van der Waals surface area (Å²) in [5.74, 6) is -0.939. The second kappa shape index (κ2) is 8.18. The van der Waals surface area contributed by atoms with Crippen LogP contribution in [0.1, 0.15) is 22.0 Å². The van der Waals surface area contributed by atoms with Gasteiger partial charge in [0.05, 0.1) is 5.56 Å². The Morgan fingerprint density at radius 2 is 1.68 bits per heavy atom. The van der Waals surface area contributed by atoms with Gasteiger partial charge in [0.1, 0.15) is 6.04 Å². The molecule has 0 aliphatic carbocycles. The summed E-state index contributed by atoms with van der Waals surface area (Å²) >= 11 is 1.31. The maximum Gasteiger partial charge on any atom is 0.356 e. The average Bonchev–Trinajstić information content (AvgIpc) is 3.16. The molecule has 2 N–H and O–H groups in total. The van der Waals surface area contributed by atoms with E-state index in [1.165, 1.54) is 11.3 Å². The Bertz CT molecular complexity index is 823. The number of benzene rings is 2. The van der Waals surface area contributed by atoms with E-state index < -0.39 is 12.0 Å². The van der Waals surface area contributed by atoms with E-state index in [0.29, 0.717) is 16.3 Å². The molecule has 0 radical (unpaired) electrons. The van der Waals surface area contributed by atoms with E-state index in [9.17, 15) is 9.59 Å². The number of carbonyl (C=O) groups is 2. The first-order valence-electron chi connectivity index (χ1n) is 7.51. The predicted octanol–water partition coefficient (Wildman–Crippen LogP) is 3.18. The first-order valence-corrected chi connectivity index (χ1v) is 8.39. The number of nitrogens with zero attached hydrogens (tertiary/aromatic N) is 1. The number of rotatable bonds is 6. The van der Waals surface area contributed by atoms with E-state index in [-0.39, 0.29) is 5.91 Å². The molecule has 1 aromatic heterocycles. The van der Waals surface area contributed by atoms with Crippen LogP contribution in [0.3, 0.4) is 0 Å². The van der Waals surface area contributed by atoms with Crippen molar-refractivity contribution in [3.8, 4) is 0 Å². The lowest BCUT2D eigenvalue weighted by Gasteiger charge is -2.17. The van der Waals surface area contributed by atoms with Crippen LogP contribution in [0.2, 0.25) is 0 Å². The zero-order chi connectivity index (χ0) is 17.5. The minimum Gasteiger partial charge on any atom is -0.366 e. The summed E-state index contributed by atoms with van der Waals surface area (Å²) in [6.45, 7) is 0. The van der Waals surface area contributed by atoms with Crippen LogP contribution in [-0.2, 0) is 9.63 Å². The van der Waals surface area contributed by atoms with Crippen LogP contribution in [0.25, 0.3) is 0 Å². The number of amides is 1.